The Morgan fingerprint density at radius 1 is 1.16 bits per heavy atom. The van der Waals surface area contributed by atoms with E-state index in [1.165, 1.54) is 27.7 Å². The number of amides is 3. The summed E-state index contributed by atoms with van der Waals surface area (Å²) in [6, 6.07) is 7.97. The van der Waals surface area contributed by atoms with E-state index < -0.39 is 23.7 Å². The molecule has 1 aliphatic heterocycles. The fourth-order valence-corrected chi connectivity index (χ4v) is 5.21. The van der Waals surface area contributed by atoms with Crippen LogP contribution in [0, 0.1) is 11.2 Å². The molecule has 236 valence electrons. The van der Waals surface area contributed by atoms with Gasteiger partial charge in [0.15, 0.2) is 6.10 Å². The Morgan fingerprint density at radius 2 is 1.89 bits per heavy atom. The molecule has 4 rings (SSSR count). The lowest BCUT2D eigenvalue weighted by molar-refractivity contribution is -0.125. The summed E-state index contributed by atoms with van der Waals surface area (Å²) in [7, 11) is 3.27. The number of hydrogen-bond acceptors (Lipinski definition) is 5. The quantitative estimate of drug-likeness (QED) is 0.312. The molecule has 3 heterocycles. The van der Waals surface area contributed by atoms with Crippen LogP contribution in [-0.4, -0.2) is 70.5 Å². The van der Waals surface area contributed by atoms with E-state index in [9.17, 15) is 23.6 Å². The number of aromatic nitrogens is 2. The van der Waals surface area contributed by atoms with Crippen LogP contribution in [0.15, 0.2) is 53.5 Å². The summed E-state index contributed by atoms with van der Waals surface area (Å²) in [4.78, 5) is 57.6. The molecule has 3 aromatic rings. The molecule has 0 spiro atoms. The molecule has 2 N–H and O–H groups in total. The number of nitrogens with one attached hydrogen (secondary N) is 2. The average Bonchev–Trinajstić information content (AvgIpc) is 3.62. The molecule has 2 aromatic heterocycles. The van der Waals surface area contributed by atoms with Gasteiger partial charge in [0.25, 0.3) is 11.5 Å². The number of rotatable bonds is 10. The SMILES string of the molecule is CN(C)C(=O)/C=C/CCC(OC(=O)N1CCCC1)C(=O)Nc1cccn(Cc2cc3cc(F)cc(CC(C)(C)C)c3[nH]2)c1=O. The van der Waals surface area contributed by atoms with Gasteiger partial charge in [-0.25, -0.2) is 9.18 Å². The van der Waals surface area contributed by atoms with Gasteiger partial charge in [-0.15, -0.1) is 0 Å². The third-order valence-corrected chi connectivity index (χ3v) is 7.37. The first-order valence-electron chi connectivity index (χ1n) is 14.9. The highest BCUT2D eigenvalue weighted by molar-refractivity contribution is 5.95. The van der Waals surface area contributed by atoms with Gasteiger partial charge in [-0.3, -0.25) is 14.4 Å². The molecule has 1 unspecified atom stereocenters. The standard InChI is InChI=1S/C33H42FN5O5/c1-33(2,3)20-23-18-24(34)17-22-19-25(35-29(22)23)21-39-16-10-11-26(31(39)42)36-30(41)27(12-6-7-13-28(40)37(4)5)44-32(43)38-14-8-9-15-38/h7,10-11,13,16-19,27,35H,6,8-9,12,14-15,20-21H2,1-5H3,(H,36,41)/b13-7+. The van der Waals surface area contributed by atoms with E-state index >= 15 is 0 Å². The minimum absolute atomic E-state index is 0.0358. The Labute approximate surface area is 256 Å². The fraction of sp³-hybridized carbons (Fsp3) is 0.455. The first-order valence-corrected chi connectivity index (χ1v) is 14.9. The third kappa shape index (κ3) is 8.58. The number of benzene rings is 1. The van der Waals surface area contributed by atoms with Crippen LogP contribution in [0.4, 0.5) is 14.9 Å². The number of likely N-dealkylation sites (N-methyl/N-ethyl adjacent to an activating group) is 1. The summed E-state index contributed by atoms with van der Waals surface area (Å²) in [6.07, 6.45) is 5.74. The first-order chi connectivity index (χ1) is 20.8. The molecule has 1 atom stereocenters. The topological polar surface area (TPSA) is 117 Å². The van der Waals surface area contributed by atoms with Crippen molar-refractivity contribution in [2.75, 3.05) is 32.5 Å². The van der Waals surface area contributed by atoms with E-state index in [0.717, 1.165) is 29.3 Å². The molecule has 11 heteroatoms. The summed E-state index contributed by atoms with van der Waals surface area (Å²) in [5.41, 5.74) is 1.95. The van der Waals surface area contributed by atoms with Crippen LogP contribution in [-0.2, 0) is 27.3 Å². The van der Waals surface area contributed by atoms with Crippen LogP contribution < -0.4 is 10.9 Å². The zero-order valence-electron chi connectivity index (χ0n) is 26.1. The molecule has 0 bridgehead atoms. The zero-order chi connectivity index (χ0) is 32.0. The van der Waals surface area contributed by atoms with Crippen LogP contribution in [0.1, 0.15) is 57.7 Å². The van der Waals surface area contributed by atoms with Crippen LogP contribution >= 0.6 is 0 Å². The highest BCUT2D eigenvalue weighted by atomic mass is 19.1. The number of halogens is 1. The molecule has 0 aliphatic carbocycles. The number of likely N-dealkylation sites (tertiary alicyclic amines) is 1. The highest BCUT2D eigenvalue weighted by Gasteiger charge is 2.28. The molecule has 10 nitrogen and oxygen atoms in total. The van der Waals surface area contributed by atoms with Crippen molar-refractivity contribution in [1.29, 1.82) is 0 Å². The van der Waals surface area contributed by atoms with Crippen LogP contribution in [0.5, 0.6) is 0 Å². The second-order valence-corrected chi connectivity index (χ2v) is 12.7. The van der Waals surface area contributed by atoms with E-state index in [2.05, 4.69) is 31.1 Å². The Morgan fingerprint density at radius 3 is 2.57 bits per heavy atom. The molecule has 1 saturated heterocycles. The molecule has 1 aromatic carbocycles. The van der Waals surface area contributed by atoms with Crippen molar-refractivity contribution in [1.82, 2.24) is 19.4 Å². The number of H-pyrrole nitrogens is 1. The zero-order valence-corrected chi connectivity index (χ0v) is 26.1. The molecule has 0 saturated carbocycles. The van der Waals surface area contributed by atoms with Gasteiger partial charge in [-0.05, 0) is 79.5 Å². The highest BCUT2D eigenvalue weighted by Crippen LogP contribution is 2.28. The van der Waals surface area contributed by atoms with Gasteiger partial charge < -0.3 is 29.4 Å². The fourth-order valence-electron chi connectivity index (χ4n) is 5.21. The maximum absolute atomic E-state index is 14.4. The number of fused-ring (bicyclic) bond motifs is 1. The van der Waals surface area contributed by atoms with Gasteiger partial charge in [-0.2, -0.15) is 0 Å². The van der Waals surface area contributed by atoms with Gasteiger partial charge in [0.05, 0.1) is 6.54 Å². The van der Waals surface area contributed by atoms with E-state index in [1.54, 1.807) is 43.4 Å². The van der Waals surface area contributed by atoms with Crippen molar-refractivity contribution in [3.8, 4) is 0 Å². The largest absolute Gasteiger partial charge is 0.436 e. The molecular weight excluding hydrogens is 565 g/mol. The Hall–Kier alpha value is -4.41. The van der Waals surface area contributed by atoms with Crippen molar-refractivity contribution in [3.05, 3.63) is 76.1 Å². The summed E-state index contributed by atoms with van der Waals surface area (Å²) in [5, 5.41) is 3.37. The van der Waals surface area contributed by atoms with E-state index in [0.29, 0.717) is 31.6 Å². The number of carbonyl (C=O) groups is 3. The molecule has 1 aliphatic rings. The van der Waals surface area contributed by atoms with Crippen molar-refractivity contribution in [3.63, 3.8) is 0 Å². The lowest BCUT2D eigenvalue weighted by Crippen LogP contribution is -2.39. The number of aromatic amines is 1. The van der Waals surface area contributed by atoms with Crippen LogP contribution in [0.25, 0.3) is 10.9 Å². The van der Waals surface area contributed by atoms with Gasteiger partial charge in [0.1, 0.15) is 11.5 Å². The van der Waals surface area contributed by atoms with Gasteiger partial charge in [-0.1, -0.05) is 26.8 Å². The van der Waals surface area contributed by atoms with Crippen molar-refractivity contribution >= 4 is 34.5 Å². The maximum atomic E-state index is 14.4. The second-order valence-electron chi connectivity index (χ2n) is 12.7. The number of hydrogen-bond donors (Lipinski definition) is 2. The minimum atomic E-state index is -1.17. The average molecular weight is 608 g/mol. The lowest BCUT2D eigenvalue weighted by atomic mass is 9.87. The molecule has 0 radical (unpaired) electrons. The van der Waals surface area contributed by atoms with Crippen LogP contribution in [0.2, 0.25) is 0 Å². The van der Waals surface area contributed by atoms with E-state index in [4.69, 9.17) is 4.74 Å². The second kappa shape index (κ2) is 13.9. The maximum Gasteiger partial charge on any atom is 0.410 e. The Kier molecular flexibility index (Phi) is 10.3. The normalized spacial score (nSPS) is 14.3. The molecule has 44 heavy (non-hydrogen) atoms. The molecule has 1 fully saturated rings. The molecule has 3 amide bonds. The number of anilines is 1. The van der Waals surface area contributed by atoms with Gasteiger partial charge in [0, 0.05) is 50.0 Å². The summed E-state index contributed by atoms with van der Waals surface area (Å²) >= 11 is 0. The smallest absolute Gasteiger partial charge is 0.410 e. The number of carbonyl (C=O) groups excluding carboxylic acids is 3. The monoisotopic (exact) mass is 607 g/mol. The number of ether oxygens (including phenoxy) is 1. The van der Waals surface area contributed by atoms with Crippen molar-refractivity contribution in [2.45, 2.75) is 65.5 Å². The van der Waals surface area contributed by atoms with Gasteiger partial charge in [0.2, 0.25) is 5.91 Å². The number of nitrogens with zero attached hydrogens (tertiary/aromatic N) is 3. The van der Waals surface area contributed by atoms with E-state index in [1.807, 2.05) is 6.07 Å². The van der Waals surface area contributed by atoms with Crippen molar-refractivity contribution in [2.24, 2.45) is 5.41 Å². The number of pyridine rings is 1. The Bertz CT molecular complexity index is 1590. The summed E-state index contributed by atoms with van der Waals surface area (Å²) in [6.45, 7) is 7.57. The summed E-state index contributed by atoms with van der Waals surface area (Å²) < 4.78 is 21.4. The minimum Gasteiger partial charge on any atom is -0.436 e. The van der Waals surface area contributed by atoms with Crippen LogP contribution in [0.3, 0.4) is 0 Å². The number of allylic oxidation sites excluding steroid dienone is 1. The summed E-state index contributed by atoms with van der Waals surface area (Å²) in [5.74, 6) is -1.15. The van der Waals surface area contributed by atoms with Crippen molar-refractivity contribution < 1.29 is 23.5 Å². The third-order valence-electron chi connectivity index (χ3n) is 7.37. The lowest BCUT2D eigenvalue weighted by Gasteiger charge is -2.21. The molecular formula is C33H42FN5O5. The first kappa shape index (κ1) is 32.5. The van der Waals surface area contributed by atoms with Gasteiger partial charge >= 0.3 is 6.09 Å². The predicted molar refractivity (Wildman–Crippen MR) is 168 cm³/mol. The predicted octanol–water partition coefficient (Wildman–Crippen LogP) is 5.07. The van der Waals surface area contributed by atoms with E-state index in [-0.39, 0.29) is 35.8 Å². The Balaban J connectivity index is 1.51.